The van der Waals surface area contributed by atoms with Crippen LogP contribution in [-0.4, -0.2) is 6.29 Å². The van der Waals surface area contributed by atoms with Crippen molar-refractivity contribution in [3.8, 4) is 0 Å². The number of hydrogen-bond donors (Lipinski definition) is 0. The fraction of sp³-hybridized carbons (Fsp3) is 0.545. The largest absolute Gasteiger partial charge is 0.303 e. The predicted molar refractivity (Wildman–Crippen MR) is 57.3 cm³/mol. The van der Waals surface area contributed by atoms with E-state index in [0.717, 1.165) is 12.7 Å². The number of hydrogen-bond acceptors (Lipinski definition) is 2. The molecule has 0 fully saturated rings. The van der Waals surface area contributed by atoms with E-state index in [9.17, 15) is 4.79 Å². The molecule has 1 heterocycles. The summed E-state index contributed by atoms with van der Waals surface area (Å²) < 4.78 is 0. The molecule has 1 aromatic heterocycles. The van der Waals surface area contributed by atoms with Gasteiger partial charge >= 0.3 is 0 Å². The van der Waals surface area contributed by atoms with Crippen molar-refractivity contribution in [3.63, 3.8) is 0 Å². The number of carbonyl (C=O) groups excluding carboxylic acids is 1. The van der Waals surface area contributed by atoms with Gasteiger partial charge in [0.1, 0.15) is 6.29 Å². The molecule has 0 spiro atoms. The van der Waals surface area contributed by atoms with Crippen molar-refractivity contribution in [2.75, 3.05) is 0 Å². The van der Waals surface area contributed by atoms with E-state index in [1.54, 1.807) is 11.3 Å². The van der Waals surface area contributed by atoms with Gasteiger partial charge in [-0.1, -0.05) is 13.8 Å². The topological polar surface area (TPSA) is 17.1 Å². The van der Waals surface area contributed by atoms with Crippen molar-refractivity contribution >= 4 is 17.6 Å². The Morgan fingerprint density at radius 2 is 2.15 bits per heavy atom. The minimum absolute atomic E-state index is 0.110. The second-order valence-corrected chi connectivity index (χ2v) is 5.14. The van der Waals surface area contributed by atoms with Crippen LogP contribution in [0.2, 0.25) is 0 Å². The van der Waals surface area contributed by atoms with Crippen LogP contribution in [0.15, 0.2) is 12.1 Å². The second-order valence-electron chi connectivity index (χ2n) is 3.82. The van der Waals surface area contributed by atoms with Crippen LogP contribution in [0.1, 0.15) is 35.9 Å². The average Bonchev–Trinajstić information content (AvgIpc) is 2.47. The van der Waals surface area contributed by atoms with Gasteiger partial charge in [0.2, 0.25) is 0 Å². The van der Waals surface area contributed by atoms with Crippen LogP contribution in [0.25, 0.3) is 0 Å². The molecule has 0 N–H and O–H groups in total. The molecule has 0 radical (unpaired) electrons. The molecule has 0 amide bonds. The van der Waals surface area contributed by atoms with E-state index >= 15 is 0 Å². The van der Waals surface area contributed by atoms with Crippen molar-refractivity contribution < 1.29 is 4.79 Å². The minimum atomic E-state index is 0.110. The maximum atomic E-state index is 10.9. The van der Waals surface area contributed by atoms with Gasteiger partial charge in [-0.15, -0.1) is 11.3 Å². The minimum Gasteiger partial charge on any atom is -0.303 e. The van der Waals surface area contributed by atoms with Gasteiger partial charge in [0.15, 0.2) is 0 Å². The van der Waals surface area contributed by atoms with E-state index in [1.807, 2.05) is 0 Å². The van der Waals surface area contributed by atoms with Gasteiger partial charge in [-0.05, 0) is 31.4 Å². The molecule has 0 aromatic carbocycles. The monoisotopic (exact) mass is 196 g/mol. The third-order valence-electron chi connectivity index (χ3n) is 2.02. The molecule has 0 bridgehead atoms. The number of thiophene rings is 1. The average molecular weight is 196 g/mol. The van der Waals surface area contributed by atoms with E-state index in [1.165, 1.54) is 9.75 Å². The highest BCUT2D eigenvalue weighted by molar-refractivity contribution is 7.12. The van der Waals surface area contributed by atoms with Crippen LogP contribution in [-0.2, 0) is 4.79 Å². The van der Waals surface area contributed by atoms with Crippen LogP contribution in [0.5, 0.6) is 0 Å². The highest BCUT2D eigenvalue weighted by Crippen LogP contribution is 2.27. The standard InChI is InChI=1S/C11H16OS/c1-8(2)6-10(7-12)11-5-4-9(3)13-11/h4-5,7-8,10H,6H2,1-3H3. The lowest BCUT2D eigenvalue weighted by Crippen LogP contribution is -2.02. The molecule has 0 saturated carbocycles. The van der Waals surface area contributed by atoms with Crippen LogP contribution in [0.4, 0.5) is 0 Å². The van der Waals surface area contributed by atoms with Crippen molar-refractivity contribution in [2.45, 2.75) is 33.1 Å². The number of aryl methyl sites for hydroxylation is 1. The summed E-state index contributed by atoms with van der Waals surface area (Å²) in [7, 11) is 0. The molecular weight excluding hydrogens is 180 g/mol. The molecular formula is C11H16OS. The van der Waals surface area contributed by atoms with Crippen LogP contribution >= 0.6 is 11.3 Å². The Hall–Kier alpha value is -0.630. The quantitative estimate of drug-likeness (QED) is 0.675. The summed E-state index contributed by atoms with van der Waals surface area (Å²) in [4.78, 5) is 13.3. The zero-order valence-electron chi connectivity index (χ0n) is 8.41. The van der Waals surface area contributed by atoms with Gasteiger partial charge in [-0.3, -0.25) is 0 Å². The highest BCUT2D eigenvalue weighted by atomic mass is 32.1. The van der Waals surface area contributed by atoms with E-state index in [4.69, 9.17) is 0 Å². The van der Waals surface area contributed by atoms with Gasteiger partial charge < -0.3 is 4.79 Å². The fourth-order valence-corrected chi connectivity index (χ4v) is 2.35. The van der Waals surface area contributed by atoms with Crippen LogP contribution < -0.4 is 0 Å². The Morgan fingerprint density at radius 1 is 1.46 bits per heavy atom. The van der Waals surface area contributed by atoms with Crippen molar-refractivity contribution in [3.05, 3.63) is 21.9 Å². The van der Waals surface area contributed by atoms with E-state index in [0.29, 0.717) is 5.92 Å². The molecule has 0 aliphatic carbocycles. The fourth-order valence-electron chi connectivity index (χ4n) is 1.40. The first kappa shape index (κ1) is 10.5. The summed E-state index contributed by atoms with van der Waals surface area (Å²) in [5.41, 5.74) is 0. The van der Waals surface area contributed by atoms with Gasteiger partial charge in [0.25, 0.3) is 0 Å². The summed E-state index contributed by atoms with van der Waals surface area (Å²) in [6.45, 7) is 6.37. The molecule has 1 unspecified atom stereocenters. The lowest BCUT2D eigenvalue weighted by molar-refractivity contribution is -0.109. The Kier molecular flexibility index (Phi) is 3.67. The Bertz CT molecular complexity index is 275. The molecule has 1 aromatic rings. The highest BCUT2D eigenvalue weighted by Gasteiger charge is 2.13. The summed E-state index contributed by atoms with van der Waals surface area (Å²) >= 11 is 1.73. The first-order valence-corrected chi connectivity index (χ1v) is 5.46. The first-order valence-electron chi connectivity index (χ1n) is 4.65. The summed E-state index contributed by atoms with van der Waals surface area (Å²) in [5.74, 6) is 0.691. The molecule has 1 nitrogen and oxygen atoms in total. The molecule has 13 heavy (non-hydrogen) atoms. The normalized spacial score (nSPS) is 13.2. The maximum Gasteiger partial charge on any atom is 0.128 e. The van der Waals surface area contributed by atoms with Crippen molar-refractivity contribution in [1.29, 1.82) is 0 Å². The molecule has 0 aliphatic rings. The molecule has 0 saturated heterocycles. The Balaban J connectivity index is 2.72. The van der Waals surface area contributed by atoms with Crippen molar-refractivity contribution in [1.82, 2.24) is 0 Å². The predicted octanol–water partition coefficient (Wildman–Crippen LogP) is 3.39. The molecule has 1 rings (SSSR count). The molecule has 0 aliphatic heterocycles. The van der Waals surface area contributed by atoms with Crippen LogP contribution in [0.3, 0.4) is 0 Å². The summed E-state index contributed by atoms with van der Waals surface area (Å²) in [6.07, 6.45) is 2.04. The summed E-state index contributed by atoms with van der Waals surface area (Å²) in [6, 6.07) is 4.15. The maximum absolute atomic E-state index is 10.9. The zero-order chi connectivity index (χ0) is 9.84. The smallest absolute Gasteiger partial charge is 0.128 e. The van der Waals surface area contributed by atoms with Gasteiger partial charge in [0.05, 0.1) is 0 Å². The Morgan fingerprint density at radius 3 is 2.54 bits per heavy atom. The number of aldehydes is 1. The third kappa shape index (κ3) is 2.96. The third-order valence-corrected chi connectivity index (χ3v) is 3.15. The summed E-state index contributed by atoms with van der Waals surface area (Å²) in [5, 5.41) is 0. The SMILES string of the molecule is Cc1ccc(C(C=O)CC(C)C)s1. The van der Waals surface area contributed by atoms with Crippen LogP contribution in [0, 0.1) is 12.8 Å². The van der Waals surface area contributed by atoms with Gasteiger partial charge in [-0.25, -0.2) is 0 Å². The first-order chi connectivity index (χ1) is 6.13. The lowest BCUT2D eigenvalue weighted by Gasteiger charge is -2.10. The molecule has 2 heteroatoms. The lowest BCUT2D eigenvalue weighted by atomic mass is 9.97. The van der Waals surface area contributed by atoms with E-state index in [2.05, 4.69) is 32.9 Å². The molecule has 1 atom stereocenters. The molecule has 72 valence electrons. The second kappa shape index (κ2) is 4.56. The zero-order valence-corrected chi connectivity index (χ0v) is 9.23. The van der Waals surface area contributed by atoms with Crippen molar-refractivity contribution in [2.24, 2.45) is 5.92 Å². The van der Waals surface area contributed by atoms with Gasteiger partial charge in [0, 0.05) is 15.7 Å². The Labute approximate surface area is 83.8 Å². The van der Waals surface area contributed by atoms with Gasteiger partial charge in [-0.2, -0.15) is 0 Å². The number of carbonyl (C=O) groups is 1. The number of rotatable bonds is 4. The van der Waals surface area contributed by atoms with E-state index in [-0.39, 0.29) is 5.92 Å². The van der Waals surface area contributed by atoms with E-state index < -0.39 is 0 Å².